The molecule has 0 bridgehead atoms. The molecule has 1 amide bonds. The van der Waals surface area contributed by atoms with Crippen LogP contribution in [0.25, 0.3) is 10.6 Å². The third-order valence-corrected chi connectivity index (χ3v) is 5.51. The number of amides is 1. The van der Waals surface area contributed by atoms with Gasteiger partial charge in [-0.05, 0) is 24.3 Å². The molecule has 0 spiro atoms. The monoisotopic (exact) mass is 364 g/mol. The fourth-order valence-corrected chi connectivity index (χ4v) is 3.96. The first-order valence-corrected chi connectivity index (χ1v) is 9.60. The molecule has 1 saturated heterocycles. The smallest absolute Gasteiger partial charge is 0.228 e. The average molecular weight is 364 g/mol. The zero-order valence-corrected chi connectivity index (χ0v) is 15.2. The minimum absolute atomic E-state index is 0.157. The number of rotatable bonds is 4. The molecule has 1 fully saturated rings. The number of hydrogen-bond acceptors (Lipinski definition) is 5. The van der Waals surface area contributed by atoms with Crippen LogP contribution < -0.4 is 4.90 Å². The SMILES string of the molecule is O=C(Cc1csc(-c2ccncc2)n1)N1CCN(c2ccccc2)CC1. The van der Waals surface area contributed by atoms with Gasteiger partial charge < -0.3 is 9.80 Å². The summed E-state index contributed by atoms with van der Waals surface area (Å²) < 4.78 is 0. The molecule has 1 aliphatic rings. The van der Waals surface area contributed by atoms with E-state index in [1.54, 1.807) is 23.7 Å². The molecule has 0 atom stereocenters. The van der Waals surface area contributed by atoms with Gasteiger partial charge >= 0.3 is 0 Å². The van der Waals surface area contributed by atoms with E-state index in [1.807, 2.05) is 28.5 Å². The molecule has 2 aromatic heterocycles. The van der Waals surface area contributed by atoms with Gasteiger partial charge in [-0.1, -0.05) is 18.2 Å². The van der Waals surface area contributed by atoms with Gasteiger partial charge in [-0.15, -0.1) is 11.3 Å². The molecule has 132 valence electrons. The summed E-state index contributed by atoms with van der Waals surface area (Å²) >= 11 is 1.57. The van der Waals surface area contributed by atoms with Crippen molar-refractivity contribution in [2.45, 2.75) is 6.42 Å². The third kappa shape index (κ3) is 3.75. The van der Waals surface area contributed by atoms with Crippen LogP contribution in [0.5, 0.6) is 0 Å². The van der Waals surface area contributed by atoms with Gasteiger partial charge in [0.1, 0.15) is 5.01 Å². The summed E-state index contributed by atoms with van der Waals surface area (Å²) in [6.45, 7) is 3.26. The number of carbonyl (C=O) groups excluding carboxylic acids is 1. The Morgan fingerprint density at radius 3 is 2.46 bits per heavy atom. The number of benzene rings is 1. The minimum atomic E-state index is 0.157. The Kier molecular flexibility index (Phi) is 4.93. The van der Waals surface area contributed by atoms with E-state index in [1.165, 1.54) is 5.69 Å². The number of thiazole rings is 1. The molecule has 0 radical (unpaired) electrons. The number of nitrogens with zero attached hydrogens (tertiary/aromatic N) is 4. The Balaban J connectivity index is 1.34. The molecule has 0 unspecified atom stereocenters. The second-order valence-corrected chi connectivity index (χ2v) is 7.12. The highest BCUT2D eigenvalue weighted by Gasteiger charge is 2.22. The first-order valence-electron chi connectivity index (χ1n) is 8.72. The molecule has 4 rings (SSSR count). The molecular weight excluding hydrogens is 344 g/mol. The van der Waals surface area contributed by atoms with Crippen molar-refractivity contribution in [1.82, 2.24) is 14.9 Å². The molecule has 0 N–H and O–H groups in total. The summed E-state index contributed by atoms with van der Waals surface area (Å²) in [5.41, 5.74) is 3.11. The van der Waals surface area contributed by atoms with E-state index >= 15 is 0 Å². The molecule has 1 aromatic carbocycles. The van der Waals surface area contributed by atoms with Crippen LogP contribution >= 0.6 is 11.3 Å². The van der Waals surface area contributed by atoms with Crippen LogP contribution in [-0.2, 0) is 11.2 Å². The van der Waals surface area contributed by atoms with Crippen molar-refractivity contribution in [3.05, 3.63) is 65.9 Å². The molecule has 5 nitrogen and oxygen atoms in total. The first kappa shape index (κ1) is 16.7. The van der Waals surface area contributed by atoms with Gasteiger partial charge in [0, 0.05) is 55.2 Å². The Morgan fingerprint density at radius 1 is 1.00 bits per heavy atom. The van der Waals surface area contributed by atoms with Crippen molar-refractivity contribution in [3.8, 4) is 10.6 Å². The number of anilines is 1. The molecule has 26 heavy (non-hydrogen) atoms. The quantitative estimate of drug-likeness (QED) is 0.714. The fourth-order valence-electron chi connectivity index (χ4n) is 3.13. The highest BCUT2D eigenvalue weighted by molar-refractivity contribution is 7.13. The van der Waals surface area contributed by atoms with Gasteiger partial charge in [-0.3, -0.25) is 9.78 Å². The highest BCUT2D eigenvalue weighted by atomic mass is 32.1. The van der Waals surface area contributed by atoms with E-state index in [0.717, 1.165) is 42.4 Å². The molecule has 0 aliphatic carbocycles. The number of aromatic nitrogens is 2. The lowest BCUT2D eigenvalue weighted by molar-refractivity contribution is -0.130. The number of pyridine rings is 1. The number of para-hydroxylation sites is 1. The van der Waals surface area contributed by atoms with E-state index in [2.05, 4.69) is 39.1 Å². The topological polar surface area (TPSA) is 49.3 Å². The second kappa shape index (κ2) is 7.66. The Morgan fingerprint density at radius 2 is 1.73 bits per heavy atom. The van der Waals surface area contributed by atoms with E-state index in [4.69, 9.17) is 0 Å². The molecule has 1 aliphatic heterocycles. The summed E-state index contributed by atoms with van der Waals surface area (Å²) in [7, 11) is 0. The van der Waals surface area contributed by atoms with Crippen molar-refractivity contribution in [1.29, 1.82) is 0 Å². The van der Waals surface area contributed by atoms with E-state index < -0.39 is 0 Å². The first-order chi connectivity index (χ1) is 12.8. The largest absolute Gasteiger partial charge is 0.368 e. The van der Waals surface area contributed by atoms with Crippen LogP contribution in [0.15, 0.2) is 60.2 Å². The lowest BCUT2D eigenvalue weighted by Gasteiger charge is -2.36. The fraction of sp³-hybridized carbons (Fsp3) is 0.250. The highest BCUT2D eigenvalue weighted by Crippen LogP contribution is 2.23. The van der Waals surface area contributed by atoms with Crippen molar-refractivity contribution in [2.75, 3.05) is 31.1 Å². The van der Waals surface area contributed by atoms with Crippen LogP contribution in [-0.4, -0.2) is 47.0 Å². The predicted octanol–water partition coefficient (Wildman–Crippen LogP) is 3.10. The maximum absolute atomic E-state index is 12.6. The van der Waals surface area contributed by atoms with Crippen LogP contribution in [0, 0.1) is 0 Å². The maximum atomic E-state index is 12.6. The van der Waals surface area contributed by atoms with E-state index in [-0.39, 0.29) is 5.91 Å². The number of hydrogen-bond donors (Lipinski definition) is 0. The third-order valence-electron chi connectivity index (χ3n) is 4.57. The minimum Gasteiger partial charge on any atom is -0.368 e. The van der Waals surface area contributed by atoms with E-state index in [9.17, 15) is 4.79 Å². The lowest BCUT2D eigenvalue weighted by atomic mass is 10.2. The van der Waals surface area contributed by atoms with Gasteiger partial charge in [0.05, 0.1) is 12.1 Å². The zero-order valence-electron chi connectivity index (χ0n) is 14.4. The zero-order chi connectivity index (χ0) is 17.8. The average Bonchev–Trinajstić information content (AvgIpc) is 3.18. The van der Waals surface area contributed by atoms with Gasteiger partial charge in [0.15, 0.2) is 0 Å². The number of piperazine rings is 1. The Labute approximate surface area is 156 Å². The summed E-state index contributed by atoms with van der Waals surface area (Å²) in [6, 6.07) is 14.2. The second-order valence-electron chi connectivity index (χ2n) is 6.26. The van der Waals surface area contributed by atoms with Crippen LogP contribution in [0.1, 0.15) is 5.69 Å². The molecule has 0 saturated carbocycles. The predicted molar refractivity (Wildman–Crippen MR) is 104 cm³/mol. The Bertz CT molecular complexity index is 858. The molecule has 3 heterocycles. The Hall–Kier alpha value is -2.73. The van der Waals surface area contributed by atoms with Crippen molar-refractivity contribution in [2.24, 2.45) is 0 Å². The van der Waals surface area contributed by atoms with Crippen molar-refractivity contribution >= 4 is 22.9 Å². The van der Waals surface area contributed by atoms with Gasteiger partial charge in [-0.2, -0.15) is 0 Å². The molecular formula is C20H20N4OS. The lowest BCUT2D eigenvalue weighted by Crippen LogP contribution is -2.49. The number of carbonyl (C=O) groups is 1. The van der Waals surface area contributed by atoms with Gasteiger partial charge in [0.25, 0.3) is 0 Å². The van der Waals surface area contributed by atoms with Gasteiger partial charge in [-0.25, -0.2) is 4.98 Å². The summed E-state index contributed by atoms with van der Waals surface area (Å²) in [6.07, 6.45) is 3.88. The standard InChI is InChI=1S/C20H20N4OS/c25-19(14-17-15-26-20(22-17)16-6-8-21-9-7-16)24-12-10-23(11-13-24)18-4-2-1-3-5-18/h1-9,15H,10-14H2. The van der Waals surface area contributed by atoms with E-state index in [0.29, 0.717) is 6.42 Å². The van der Waals surface area contributed by atoms with Crippen LogP contribution in [0.2, 0.25) is 0 Å². The molecule has 3 aromatic rings. The maximum Gasteiger partial charge on any atom is 0.228 e. The summed E-state index contributed by atoms with van der Waals surface area (Å²) in [4.78, 5) is 25.5. The summed E-state index contributed by atoms with van der Waals surface area (Å²) in [5, 5.41) is 2.91. The van der Waals surface area contributed by atoms with Gasteiger partial charge in [0.2, 0.25) is 5.91 Å². The molecule has 6 heteroatoms. The van der Waals surface area contributed by atoms with Crippen LogP contribution in [0.4, 0.5) is 5.69 Å². The van der Waals surface area contributed by atoms with Crippen molar-refractivity contribution < 1.29 is 4.79 Å². The van der Waals surface area contributed by atoms with Crippen LogP contribution in [0.3, 0.4) is 0 Å². The summed E-state index contributed by atoms with van der Waals surface area (Å²) in [5.74, 6) is 0.157. The van der Waals surface area contributed by atoms with Crippen molar-refractivity contribution in [3.63, 3.8) is 0 Å². The normalized spacial score (nSPS) is 14.5.